The van der Waals surface area contributed by atoms with Crippen LogP contribution in [0.5, 0.6) is 0 Å². The number of aromatic nitrogens is 3. The van der Waals surface area contributed by atoms with Crippen molar-refractivity contribution < 1.29 is 4.39 Å². The van der Waals surface area contributed by atoms with Gasteiger partial charge >= 0.3 is 0 Å². The molecule has 1 aromatic heterocycles. The third-order valence-corrected chi connectivity index (χ3v) is 3.54. The van der Waals surface area contributed by atoms with E-state index >= 15 is 0 Å². The Balaban J connectivity index is 1.93. The second-order valence-electron chi connectivity index (χ2n) is 4.94. The van der Waals surface area contributed by atoms with Gasteiger partial charge in [0.1, 0.15) is 5.82 Å². The monoisotopic (exact) mass is 275 g/mol. The van der Waals surface area contributed by atoms with Crippen molar-refractivity contribution in [1.29, 1.82) is 0 Å². The van der Waals surface area contributed by atoms with Crippen LogP contribution in [0.3, 0.4) is 0 Å². The number of anilines is 1. The van der Waals surface area contributed by atoms with Crippen molar-refractivity contribution in [3.63, 3.8) is 0 Å². The molecular weight excluding hydrogens is 257 g/mol. The molecular formula is C14H18FN5. The van der Waals surface area contributed by atoms with Crippen LogP contribution in [0, 0.1) is 5.82 Å². The summed E-state index contributed by atoms with van der Waals surface area (Å²) in [6, 6.07) is 6.77. The smallest absolute Gasteiger partial charge is 0.221 e. The van der Waals surface area contributed by atoms with Crippen molar-refractivity contribution in [2.75, 3.05) is 18.4 Å². The lowest BCUT2D eigenvalue weighted by atomic mass is 10.0. The fourth-order valence-corrected chi connectivity index (χ4v) is 2.55. The van der Waals surface area contributed by atoms with Gasteiger partial charge in [0.05, 0.1) is 6.04 Å². The van der Waals surface area contributed by atoms with Crippen LogP contribution >= 0.6 is 0 Å². The van der Waals surface area contributed by atoms with E-state index in [4.69, 9.17) is 5.73 Å². The Bertz CT molecular complexity index is 595. The average Bonchev–Trinajstić information content (AvgIpc) is 2.88. The highest BCUT2D eigenvalue weighted by Crippen LogP contribution is 2.29. The highest BCUT2D eigenvalue weighted by molar-refractivity contribution is 5.33. The van der Waals surface area contributed by atoms with E-state index in [1.54, 1.807) is 10.7 Å². The van der Waals surface area contributed by atoms with Crippen LogP contribution in [-0.2, 0) is 6.42 Å². The third kappa shape index (κ3) is 2.38. The number of hydrogen-bond donors (Lipinski definition) is 2. The molecule has 0 spiro atoms. The Hall–Kier alpha value is -1.95. The van der Waals surface area contributed by atoms with Gasteiger partial charge in [0.15, 0.2) is 5.82 Å². The average molecular weight is 275 g/mol. The number of aryl methyl sites for hydroxylation is 1. The molecule has 2 heterocycles. The predicted octanol–water partition coefficient (Wildman–Crippen LogP) is 1.71. The summed E-state index contributed by atoms with van der Waals surface area (Å²) in [6.07, 6.45) is 2.41. The van der Waals surface area contributed by atoms with E-state index in [1.165, 1.54) is 6.07 Å². The van der Waals surface area contributed by atoms with Gasteiger partial charge in [-0.1, -0.05) is 18.2 Å². The minimum absolute atomic E-state index is 0.0911. The van der Waals surface area contributed by atoms with Crippen molar-refractivity contribution in [1.82, 2.24) is 14.8 Å². The normalized spacial score (nSPS) is 17.6. The van der Waals surface area contributed by atoms with Gasteiger partial charge in [0, 0.05) is 18.5 Å². The third-order valence-electron chi connectivity index (χ3n) is 3.54. The van der Waals surface area contributed by atoms with Crippen LogP contribution in [0.25, 0.3) is 0 Å². The molecule has 2 aromatic rings. The Kier molecular flexibility index (Phi) is 3.64. The van der Waals surface area contributed by atoms with Crippen molar-refractivity contribution in [3.8, 4) is 0 Å². The van der Waals surface area contributed by atoms with Crippen molar-refractivity contribution in [3.05, 3.63) is 41.5 Å². The van der Waals surface area contributed by atoms with E-state index in [2.05, 4.69) is 15.4 Å². The molecule has 20 heavy (non-hydrogen) atoms. The summed E-state index contributed by atoms with van der Waals surface area (Å²) in [6.45, 7) is 1.39. The lowest BCUT2D eigenvalue weighted by Crippen LogP contribution is -2.25. The molecule has 0 fully saturated rings. The summed E-state index contributed by atoms with van der Waals surface area (Å²) in [7, 11) is 0. The van der Waals surface area contributed by atoms with Crippen LogP contribution in [0.4, 0.5) is 10.3 Å². The quantitative estimate of drug-likeness (QED) is 0.891. The molecule has 1 aliphatic heterocycles. The number of nitrogens with two attached hydrogens (primary N) is 1. The first kappa shape index (κ1) is 13.1. The molecule has 6 heteroatoms. The van der Waals surface area contributed by atoms with Crippen molar-refractivity contribution >= 4 is 5.95 Å². The fourth-order valence-electron chi connectivity index (χ4n) is 2.55. The summed E-state index contributed by atoms with van der Waals surface area (Å²) in [5.74, 6) is 1.29. The van der Waals surface area contributed by atoms with Crippen LogP contribution in [0.2, 0.25) is 0 Å². The zero-order valence-electron chi connectivity index (χ0n) is 11.2. The molecule has 0 saturated carbocycles. The van der Waals surface area contributed by atoms with Gasteiger partial charge in [-0.15, -0.1) is 0 Å². The molecule has 3 N–H and O–H groups in total. The number of nitrogens with zero attached hydrogens (tertiary/aromatic N) is 3. The lowest BCUT2D eigenvalue weighted by Gasteiger charge is -2.24. The molecule has 1 aliphatic rings. The summed E-state index contributed by atoms with van der Waals surface area (Å²) < 4.78 is 15.8. The molecule has 5 nitrogen and oxygen atoms in total. The molecule has 106 valence electrons. The first-order valence-corrected chi connectivity index (χ1v) is 6.93. The molecule has 0 radical (unpaired) electrons. The van der Waals surface area contributed by atoms with Gasteiger partial charge in [-0.3, -0.25) is 0 Å². The SMILES string of the molecule is NCCCc1nc2n(n1)C(c1ccccc1F)CCN2. The highest BCUT2D eigenvalue weighted by atomic mass is 19.1. The zero-order valence-corrected chi connectivity index (χ0v) is 11.2. The number of nitrogens with one attached hydrogen (secondary N) is 1. The Morgan fingerprint density at radius 2 is 2.25 bits per heavy atom. The highest BCUT2D eigenvalue weighted by Gasteiger charge is 2.26. The van der Waals surface area contributed by atoms with Crippen molar-refractivity contribution in [2.24, 2.45) is 5.73 Å². The van der Waals surface area contributed by atoms with E-state index in [-0.39, 0.29) is 11.9 Å². The molecule has 1 unspecified atom stereocenters. The molecule has 0 saturated heterocycles. The van der Waals surface area contributed by atoms with Gasteiger partial charge in [0.25, 0.3) is 0 Å². The molecule has 1 atom stereocenters. The molecule has 3 rings (SSSR count). The standard InChI is InChI=1S/C14H18FN5/c15-11-5-2-1-4-10(11)12-7-9-17-14-18-13(6-3-8-16)19-20(12)14/h1-2,4-5,12H,3,6-9,16H2,(H,17,18,19). The van der Waals surface area contributed by atoms with Gasteiger partial charge in [-0.05, 0) is 25.5 Å². The number of rotatable bonds is 4. The Labute approximate surface area is 117 Å². The molecule has 0 aliphatic carbocycles. The van der Waals surface area contributed by atoms with Crippen LogP contribution in [0.15, 0.2) is 24.3 Å². The number of benzene rings is 1. The number of fused-ring (bicyclic) bond motifs is 1. The summed E-state index contributed by atoms with van der Waals surface area (Å²) in [5, 5.41) is 7.72. The van der Waals surface area contributed by atoms with Crippen LogP contribution in [-0.4, -0.2) is 27.9 Å². The largest absolute Gasteiger partial charge is 0.354 e. The maximum atomic E-state index is 14.0. The molecule has 0 amide bonds. The second kappa shape index (κ2) is 5.58. The van der Waals surface area contributed by atoms with E-state index in [0.29, 0.717) is 12.1 Å². The Morgan fingerprint density at radius 1 is 1.40 bits per heavy atom. The van der Waals surface area contributed by atoms with E-state index in [1.807, 2.05) is 12.1 Å². The predicted molar refractivity (Wildman–Crippen MR) is 75.0 cm³/mol. The van der Waals surface area contributed by atoms with E-state index in [0.717, 1.165) is 37.6 Å². The maximum Gasteiger partial charge on any atom is 0.221 e. The summed E-state index contributed by atoms with van der Waals surface area (Å²) in [5.41, 5.74) is 6.18. The minimum Gasteiger partial charge on any atom is -0.354 e. The van der Waals surface area contributed by atoms with Gasteiger partial charge in [0.2, 0.25) is 5.95 Å². The van der Waals surface area contributed by atoms with E-state index < -0.39 is 0 Å². The topological polar surface area (TPSA) is 68.8 Å². The minimum atomic E-state index is -0.190. The summed E-state index contributed by atoms with van der Waals surface area (Å²) >= 11 is 0. The zero-order chi connectivity index (χ0) is 13.9. The maximum absolute atomic E-state index is 14.0. The van der Waals surface area contributed by atoms with E-state index in [9.17, 15) is 4.39 Å². The Morgan fingerprint density at radius 3 is 3.05 bits per heavy atom. The fraction of sp³-hybridized carbons (Fsp3) is 0.429. The number of hydrogen-bond acceptors (Lipinski definition) is 4. The number of halogens is 1. The summed E-state index contributed by atoms with van der Waals surface area (Å²) in [4.78, 5) is 4.46. The van der Waals surface area contributed by atoms with Gasteiger partial charge in [-0.2, -0.15) is 10.1 Å². The van der Waals surface area contributed by atoms with Gasteiger partial charge in [-0.25, -0.2) is 9.07 Å². The van der Waals surface area contributed by atoms with Gasteiger partial charge < -0.3 is 11.1 Å². The first-order chi connectivity index (χ1) is 9.79. The second-order valence-corrected chi connectivity index (χ2v) is 4.94. The molecule has 1 aromatic carbocycles. The van der Waals surface area contributed by atoms with Crippen LogP contribution < -0.4 is 11.1 Å². The lowest BCUT2D eigenvalue weighted by molar-refractivity contribution is 0.454. The van der Waals surface area contributed by atoms with Crippen molar-refractivity contribution in [2.45, 2.75) is 25.3 Å². The molecule has 0 bridgehead atoms. The first-order valence-electron chi connectivity index (χ1n) is 6.93. The van der Waals surface area contributed by atoms with Crippen LogP contribution in [0.1, 0.15) is 30.3 Å².